The Labute approximate surface area is 98.9 Å². The second-order valence-corrected chi connectivity index (χ2v) is 4.01. The van der Waals surface area contributed by atoms with E-state index in [1.54, 1.807) is 6.07 Å². The van der Waals surface area contributed by atoms with Crippen LogP contribution in [0.4, 0.5) is 10.3 Å². The lowest BCUT2D eigenvalue weighted by atomic mass is 10.2. The smallest absolute Gasteiger partial charge is 0.201 e. The summed E-state index contributed by atoms with van der Waals surface area (Å²) in [4.78, 5) is 7.32. The predicted molar refractivity (Wildman–Crippen MR) is 65.5 cm³/mol. The standard InChI is InChI=1S/C12H16FN3O/c1-2-9(5-6-17)14-12-15-10-4-3-8(13)7-11(10)16-12/h3-4,7,9,17H,2,5-6H2,1H3,(H2,14,15,16). The van der Waals surface area contributed by atoms with Gasteiger partial charge in [0.2, 0.25) is 5.95 Å². The molecule has 3 N–H and O–H groups in total. The summed E-state index contributed by atoms with van der Waals surface area (Å²) in [6.07, 6.45) is 1.56. The van der Waals surface area contributed by atoms with E-state index >= 15 is 0 Å². The fraction of sp³-hybridized carbons (Fsp3) is 0.417. The lowest BCUT2D eigenvalue weighted by Gasteiger charge is -2.14. The minimum absolute atomic E-state index is 0.139. The number of benzene rings is 1. The van der Waals surface area contributed by atoms with E-state index in [1.807, 2.05) is 6.92 Å². The van der Waals surface area contributed by atoms with Gasteiger partial charge < -0.3 is 15.4 Å². The molecule has 1 aromatic heterocycles. The Bertz CT molecular complexity index is 497. The van der Waals surface area contributed by atoms with Crippen molar-refractivity contribution in [3.05, 3.63) is 24.0 Å². The molecule has 2 aromatic rings. The topological polar surface area (TPSA) is 60.9 Å². The lowest BCUT2D eigenvalue weighted by Crippen LogP contribution is -2.20. The average molecular weight is 237 g/mol. The molecule has 2 rings (SSSR count). The van der Waals surface area contributed by atoms with Gasteiger partial charge in [0.05, 0.1) is 11.0 Å². The summed E-state index contributed by atoms with van der Waals surface area (Å²) in [6, 6.07) is 4.61. The Morgan fingerprint density at radius 1 is 1.53 bits per heavy atom. The molecule has 92 valence electrons. The Hall–Kier alpha value is -1.62. The molecule has 0 spiro atoms. The van der Waals surface area contributed by atoms with E-state index in [2.05, 4.69) is 15.3 Å². The Morgan fingerprint density at radius 3 is 3.06 bits per heavy atom. The first-order chi connectivity index (χ1) is 8.22. The van der Waals surface area contributed by atoms with Crippen LogP contribution in [-0.4, -0.2) is 27.7 Å². The van der Waals surface area contributed by atoms with Crippen molar-refractivity contribution in [1.29, 1.82) is 0 Å². The molecule has 0 aliphatic heterocycles. The van der Waals surface area contributed by atoms with Crippen molar-refractivity contribution in [3.63, 3.8) is 0 Å². The monoisotopic (exact) mass is 237 g/mol. The number of nitrogens with zero attached hydrogens (tertiary/aromatic N) is 1. The normalized spacial score (nSPS) is 12.9. The number of imidazole rings is 1. The third-order valence-electron chi connectivity index (χ3n) is 2.76. The third-order valence-corrected chi connectivity index (χ3v) is 2.76. The molecule has 0 aliphatic carbocycles. The van der Waals surface area contributed by atoms with E-state index in [0.717, 1.165) is 11.9 Å². The van der Waals surface area contributed by atoms with Crippen molar-refractivity contribution in [2.24, 2.45) is 0 Å². The van der Waals surface area contributed by atoms with Gasteiger partial charge >= 0.3 is 0 Å². The van der Waals surface area contributed by atoms with Crippen molar-refractivity contribution in [2.45, 2.75) is 25.8 Å². The minimum atomic E-state index is -0.282. The fourth-order valence-electron chi connectivity index (χ4n) is 1.78. The van der Waals surface area contributed by atoms with Gasteiger partial charge in [0.25, 0.3) is 0 Å². The number of H-pyrrole nitrogens is 1. The molecule has 1 unspecified atom stereocenters. The van der Waals surface area contributed by atoms with Gasteiger partial charge in [-0.3, -0.25) is 0 Å². The third kappa shape index (κ3) is 2.74. The van der Waals surface area contributed by atoms with Gasteiger partial charge in [0.15, 0.2) is 0 Å². The van der Waals surface area contributed by atoms with E-state index in [0.29, 0.717) is 17.9 Å². The zero-order valence-corrected chi connectivity index (χ0v) is 9.70. The minimum Gasteiger partial charge on any atom is -0.396 e. The van der Waals surface area contributed by atoms with Gasteiger partial charge in [-0.05, 0) is 31.0 Å². The first kappa shape index (κ1) is 11.9. The molecular weight excluding hydrogens is 221 g/mol. The maximum atomic E-state index is 13.0. The van der Waals surface area contributed by atoms with Crippen molar-refractivity contribution >= 4 is 17.0 Å². The quantitative estimate of drug-likeness (QED) is 0.747. The zero-order valence-electron chi connectivity index (χ0n) is 9.70. The number of nitrogens with one attached hydrogen (secondary N) is 2. The molecule has 17 heavy (non-hydrogen) atoms. The summed E-state index contributed by atoms with van der Waals surface area (Å²) < 4.78 is 13.0. The molecule has 1 aromatic carbocycles. The van der Waals surface area contributed by atoms with Crippen molar-refractivity contribution < 1.29 is 9.50 Å². The summed E-state index contributed by atoms with van der Waals surface area (Å²) in [5, 5.41) is 12.1. The van der Waals surface area contributed by atoms with Gasteiger partial charge in [0, 0.05) is 12.6 Å². The Morgan fingerprint density at radius 2 is 2.35 bits per heavy atom. The largest absolute Gasteiger partial charge is 0.396 e. The van der Waals surface area contributed by atoms with Gasteiger partial charge in [-0.2, -0.15) is 0 Å². The van der Waals surface area contributed by atoms with Gasteiger partial charge in [-0.15, -0.1) is 0 Å². The second kappa shape index (κ2) is 5.14. The maximum Gasteiger partial charge on any atom is 0.201 e. The van der Waals surface area contributed by atoms with Crippen LogP contribution in [0, 0.1) is 5.82 Å². The van der Waals surface area contributed by atoms with Crippen molar-refractivity contribution in [2.75, 3.05) is 11.9 Å². The number of fused-ring (bicyclic) bond motifs is 1. The zero-order chi connectivity index (χ0) is 12.3. The number of anilines is 1. The summed E-state index contributed by atoms with van der Waals surface area (Å²) in [5.74, 6) is 0.334. The number of rotatable bonds is 5. The Kier molecular flexibility index (Phi) is 3.58. The summed E-state index contributed by atoms with van der Waals surface area (Å²) in [5.41, 5.74) is 1.40. The molecule has 1 atom stereocenters. The van der Waals surface area contributed by atoms with Gasteiger partial charge in [0.1, 0.15) is 5.82 Å². The molecule has 0 saturated carbocycles. The van der Waals surface area contributed by atoms with Crippen LogP contribution in [0.3, 0.4) is 0 Å². The lowest BCUT2D eigenvalue weighted by molar-refractivity contribution is 0.278. The highest BCUT2D eigenvalue weighted by atomic mass is 19.1. The van der Waals surface area contributed by atoms with Crippen molar-refractivity contribution in [1.82, 2.24) is 9.97 Å². The molecular formula is C12H16FN3O. The van der Waals surface area contributed by atoms with Gasteiger partial charge in [-0.25, -0.2) is 9.37 Å². The van der Waals surface area contributed by atoms with Crippen LogP contribution in [0.15, 0.2) is 18.2 Å². The molecule has 0 aliphatic rings. The molecule has 5 heteroatoms. The highest BCUT2D eigenvalue weighted by Crippen LogP contribution is 2.16. The average Bonchev–Trinajstić information content (AvgIpc) is 2.69. The van der Waals surface area contributed by atoms with Crippen LogP contribution in [-0.2, 0) is 0 Å². The molecule has 0 saturated heterocycles. The van der Waals surface area contributed by atoms with E-state index in [4.69, 9.17) is 5.11 Å². The maximum absolute atomic E-state index is 13.0. The number of aliphatic hydroxyl groups excluding tert-OH is 1. The fourth-order valence-corrected chi connectivity index (χ4v) is 1.78. The molecule has 0 fully saturated rings. The first-order valence-corrected chi connectivity index (χ1v) is 5.75. The van der Waals surface area contributed by atoms with Crippen LogP contribution in [0.25, 0.3) is 11.0 Å². The summed E-state index contributed by atoms with van der Waals surface area (Å²) in [6.45, 7) is 2.18. The highest BCUT2D eigenvalue weighted by molar-refractivity contribution is 5.77. The number of aliphatic hydroxyl groups is 1. The van der Waals surface area contributed by atoms with E-state index in [9.17, 15) is 4.39 Å². The van der Waals surface area contributed by atoms with Crippen LogP contribution < -0.4 is 5.32 Å². The van der Waals surface area contributed by atoms with Crippen molar-refractivity contribution in [3.8, 4) is 0 Å². The molecule has 0 bridgehead atoms. The number of halogens is 1. The number of aromatic amines is 1. The summed E-state index contributed by atoms with van der Waals surface area (Å²) in [7, 11) is 0. The molecule has 1 heterocycles. The van der Waals surface area contributed by atoms with E-state index < -0.39 is 0 Å². The first-order valence-electron chi connectivity index (χ1n) is 5.75. The van der Waals surface area contributed by atoms with E-state index in [-0.39, 0.29) is 18.5 Å². The SMILES string of the molecule is CCC(CCO)Nc1nc2ccc(F)cc2[nH]1. The molecule has 4 nitrogen and oxygen atoms in total. The van der Waals surface area contributed by atoms with Crippen LogP contribution in [0.2, 0.25) is 0 Å². The van der Waals surface area contributed by atoms with E-state index in [1.165, 1.54) is 12.1 Å². The summed E-state index contributed by atoms with van der Waals surface area (Å²) >= 11 is 0. The number of hydrogen-bond acceptors (Lipinski definition) is 3. The van der Waals surface area contributed by atoms with Crippen LogP contribution in [0.5, 0.6) is 0 Å². The Balaban J connectivity index is 2.18. The number of hydrogen-bond donors (Lipinski definition) is 3. The highest BCUT2D eigenvalue weighted by Gasteiger charge is 2.08. The number of aromatic nitrogens is 2. The molecule has 0 radical (unpaired) electrons. The second-order valence-electron chi connectivity index (χ2n) is 4.01. The predicted octanol–water partition coefficient (Wildman–Crippen LogP) is 2.27. The van der Waals surface area contributed by atoms with Gasteiger partial charge in [-0.1, -0.05) is 6.92 Å². The van der Waals surface area contributed by atoms with Crippen LogP contribution >= 0.6 is 0 Å². The van der Waals surface area contributed by atoms with Crippen LogP contribution in [0.1, 0.15) is 19.8 Å². The molecule has 0 amide bonds.